The molecule has 3 aromatic carbocycles. The summed E-state index contributed by atoms with van der Waals surface area (Å²) in [5.74, 6) is -0.182. The third kappa shape index (κ3) is 4.73. The summed E-state index contributed by atoms with van der Waals surface area (Å²) in [6.45, 7) is 4.47. The lowest BCUT2D eigenvalue weighted by Crippen LogP contribution is -2.29. The first-order valence-electron chi connectivity index (χ1n) is 8.37. The van der Waals surface area contributed by atoms with Crippen LogP contribution in [0.15, 0.2) is 84.9 Å². The molecule has 0 bridgehead atoms. The second-order valence-corrected chi connectivity index (χ2v) is 9.79. The highest BCUT2D eigenvalue weighted by molar-refractivity contribution is 7.77. The molecular formula is C21H22FNP2. The van der Waals surface area contributed by atoms with Gasteiger partial charge in [0.1, 0.15) is 5.82 Å². The fourth-order valence-corrected chi connectivity index (χ4v) is 7.05. The van der Waals surface area contributed by atoms with Crippen LogP contribution in [0.5, 0.6) is 0 Å². The van der Waals surface area contributed by atoms with Crippen molar-refractivity contribution in [3.63, 3.8) is 0 Å². The number of hydrogen-bond donors (Lipinski definition) is 0. The summed E-state index contributed by atoms with van der Waals surface area (Å²) in [6, 6.07) is 28.7. The lowest BCUT2D eigenvalue weighted by atomic mass is 10.4. The number of rotatable bonds is 6. The Bertz CT molecular complexity index is 737. The minimum atomic E-state index is -0.633. The number of benzene rings is 3. The molecule has 0 N–H and O–H groups in total. The Balaban J connectivity index is 2.00. The Hall–Kier alpha value is -1.59. The normalized spacial score (nSPS) is 11.9. The number of halogens is 1. The molecule has 0 aliphatic carbocycles. The molecular weight excluding hydrogens is 347 g/mol. The lowest BCUT2D eigenvalue weighted by molar-refractivity contribution is 0.588. The summed E-state index contributed by atoms with van der Waals surface area (Å²) in [5.41, 5.74) is 0. The van der Waals surface area contributed by atoms with Crippen molar-refractivity contribution in [1.82, 2.24) is 4.44 Å². The molecule has 1 nitrogen and oxygen atoms in total. The molecule has 0 radical (unpaired) electrons. The van der Waals surface area contributed by atoms with Gasteiger partial charge in [0.25, 0.3) is 0 Å². The second-order valence-electron chi connectivity index (χ2n) is 6.04. The van der Waals surface area contributed by atoms with E-state index in [-0.39, 0.29) is 5.82 Å². The van der Waals surface area contributed by atoms with Crippen LogP contribution in [0.4, 0.5) is 4.39 Å². The van der Waals surface area contributed by atoms with Gasteiger partial charge in [0.2, 0.25) is 0 Å². The predicted molar refractivity (Wildman–Crippen MR) is 110 cm³/mol. The summed E-state index contributed by atoms with van der Waals surface area (Å²) in [7, 11) is -0.134. The first-order chi connectivity index (χ1) is 12.1. The third-order valence-electron chi connectivity index (χ3n) is 3.79. The zero-order chi connectivity index (χ0) is 17.6. The maximum Gasteiger partial charge on any atom is 0.123 e. The highest BCUT2D eigenvalue weighted by Crippen LogP contribution is 2.47. The van der Waals surface area contributed by atoms with Crippen molar-refractivity contribution in [1.29, 1.82) is 0 Å². The Kier molecular flexibility index (Phi) is 6.32. The maximum absolute atomic E-state index is 13.3. The molecule has 0 spiro atoms. The highest BCUT2D eigenvalue weighted by atomic mass is 31.2. The summed E-state index contributed by atoms with van der Waals surface area (Å²) in [6.07, 6.45) is 0. The van der Waals surface area contributed by atoms with Gasteiger partial charge in [0, 0.05) is 14.1 Å². The summed E-state index contributed by atoms with van der Waals surface area (Å²) >= 11 is 0. The van der Waals surface area contributed by atoms with Crippen molar-refractivity contribution in [2.24, 2.45) is 0 Å². The zero-order valence-corrected chi connectivity index (χ0v) is 16.3. The fraction of sp³-hybridized carbons (Fsp3) is 0.143. The van der Waals surface area contributed by atoms with Crippen molar-refractivity contribution < 1.29 is 4.39 Å². The molecule has 4 heteroatoms. The van der Waals surface area contributed by atoms with Crippen LogP contribution in [-0.4, -0.2) is 10.5 Å². The Morgan fingerprint density at radius 3 is 1.68 bits per heavy atom. The van der Waals surface area contributed by atoms with Crippen molar-refractivity contribution in [3.8, 4) is 0 Å². The van der Waals surface area contributed by atoms with E-state index in [9.17, 15) is 4.39 Å². The summed E-state index contributed by atoms with van der Waals surface area (Å²) < 4.78 is 15.8. The molecule has 0 heterocycles. The van der Waals surface area contributed by atoms with Crippen molar-refractivity contribution in [2.75, 3.05) is 0 Å². The quantitative estimate of drug-likeness (QED) is 0.564. The van der Waals surface area contributed by atoms with Gasteiger partial charge in [0.05, 0.1) is 0 Å². The average Bonchev–Trinajstić information content (AvgIpc) is 2.64. The van der Waals surface area contributed by atoms with E-state index in [1.54, 1.807) is 12.1 Å². The van der Waals surface area contributed by atoms with Crippen LogP contribution in [-0.2, 0) is 0 Å². The molecule has 0 amide bonds. The van der Waals surface area contributed by atoms with Gasteiger partial charge in [-0.25, -0.2) is 8.83 Å². The van der Waals surface area contributed by atoms with E-state index < -0.39 is 8.07 Å². The topological polar surface area (TPSA) is 3.24 Å². The number of hydrogen-bond acceptors (Lipinski definition) is 1. The zero-order valence-electron chi connectivity index (χ0n) is 14.4. The Morgan fingerprint density at radius 1 is 0.760 bits per heavy atom. The molecule has 3 aromatic rings. The summed E-state index contributed by atoms with van der Waals surface area (Å²) in [4.78, 5) is 0. The van der Waals surface area contributed by atoms with Gasteiger partial charge in [0.15, 0.2) is 0 Å². The van der Waals surface area contributed by atoms with Crippen LogP contribution >= 0.6 is 16.8 Å². The van der Waals surface area contributed by atoms with Gasteiger partial charge in [-0.05, 0) is 50.6 Å². The van der Waals surface area contributed by atoms with Crippen LogP contribution in [0.1, 0.15) is 13.8 Å². The van der Waals surface area contributed by atoms with E-state index in [4.69, 9.17) is 0 Å². The minimum absolute atomic E-state index is 0.182. The van der Waals surface area contributed by atoms with Crippen LogP contribution in [0.2, 0.25) is 0 Å². The molecule has 0 fully saturated rings. The Labute approximate surface area is 152 Å². The first-order valence-corrected chi connectivity index (χ1v) is 10.6. The molecule has 0 aliphatic heterocycles. The highest BCUT2D eigenvalue weighted by Gasteiger charge is 2.25. The summed E-state index contributed by atoms with van der Waals surface area (Å²) in [5, 5.41) is 3.84. The van der Waals surface area contributed by atoms with Crippen molar-refractivity contribution in [3.05, 3.63) is 90.7 Å². The van der Waals surface area contributed by atoms with Crippen LogP contribution in [0, 0.1) is 5.82 Å². The van der Waals surface area contributed by atoms with E-state index in [1.807, 2.05) is 12.1 Å². The standard InChI is InChI=1S/C21H22FNP2/c1-17(2)23(24-19-15-13-18(22)14-16-19)25(20-9-5-3-6-10-20)21-11-7-4-8-12-21/h3-17,24H,1-2H3. The van der Waals surface area contributed by atoms with Crippen molar-refractivity contribution in [2.45, 2.75) is 19.9 Å². The molecule has 0 saturated heterocycles. The predicted octanol–water partition coefficient (Wildman–Crippen LogP) is 4.80. The van der Waals surface area contributed by atoms with Gasteiger partial charge in [-0.2, -0.15) is 0 Å². The van der Waals surface area contributed by atoms with Gasteiger partial charge in [-0.3, -0.25) is 0 Å². The number of nitrogens with zero attached hydrogens (tertiary/aromatic N) is 1. The van der Waals surface area contributed by atoms with Gasteiger partial charge >= 0.3 is 0 Å². The van der Waals surface area contributed by atoms with Crippen LogP contribution < -0.4 is 15.9 Å². The first kappa shape index (κ1) is 18.2. The maximum atomic E-state index is 13.3. The van der Waals surface area contributed by atoms with Crippen LogP contribution in [0.25, 0.3) is 0 Å². The van der Waals surface area contributed by atoms with Gasteiger partial charge < -0.3 is 0 Å². The molecule has 0 aliphatic rings. The third-order valence-corrected chi connectivity index (χ3v) is 8.50. The molecule has 128 valence electrons. The fourth-order valence-electron chi connectivity index (χ4n) is 2.60. The largest absolute Gasteiger partial charge is 0.249 e. The molecule has 1 atom stereocenters. The average molecular weight is 369 g/mol. The van der Waals surface area contributed by atoms with E-state index in [0.29, 0.717) is 14.8 Å². The molecule has 25 heavy (non-hydrogen) atoms. The van der Waals surface area contributed by atoms with Gasteiger partial charge in [-0.15, -0.1) is 0 Å². The SMILES string of the molecule is CC(C)N(Pc1ccc(F)cc1)P(c1ccccc1)c1ccccc1. The van der Waals surface area contributed by atoms with E-state index >= 15 is 0 Å². The van der Waals surface area contributed by atoms with Crippen molar-refractivity contribution >= 4 is 32.7 Å². The Morgan fingerprint density at radius 2 is 1.24 bits per heavy atom. The van der Waals surface area contributed by atoms with Crippen LogP contribution in [0.3, 0.4) is 0 Å². The monoisotopic (exact) mass is 369 g/mol. The molecule has 0 aromatic heterocycles. The lowest BCUT2D eigenvalue weighted by Gasteiger charge is -2.35. The van der Waals surface area contributed by atoms with E-state index in [1.165, 1.54) is 10.6 Å². The molecule has 0 saturated carbocycles. The van der Waals surface area contributed by atoms with E-state index in [0.717, 1.165) is 5.30 Å². The molecule has 1 unspecified atom stereocenters. The molecule has 3 rings (SSSR count). The second kappa shape index (κ2) is 8.68. The van der Waals surface area contributed by atoms with E-state index in [2.05, 4.69) is 79.0 Å². The minimum Gasteiger partial charge on any atom is -0.249 e. The van der Waals surface area contributed by atoms with Gasteiger partial charge in [-0.1, -0.05) is 72.8 Å². The smallest absolute Gasteiger partial charge is 0.123 e.